The lowest BCUT2D eigenvalue weighted by molar-refractivity contribution is -0.137. The van der Waals surface area contributed by atoms with E-state index in [1.54, 1.807) is 0 Å². The standard InChI is InChI=1S/C18H25F3N2O2/c1-12-9-23(10-13(2)25-12)17(3,4)11-22-16(24)14-7-5-6-8-15(14)18(19,20)21/h5-8,12-13H,9-11H2,1-4H3,(H,22,24)/t12-,13-/m0/s1. The number of hydrogen-bond acceptors (Lipinski definition) is 3. The van der Waals surface area contributed by atoms with Gasteiger partial charge in [0.15, 0.2) is 0 Å². The minimum atomic E-state index is -4.56. The van der Waals surface area contributed by atoms with E-state index >= 15 is 0 Å². The highest BCUT2D eigenvalue weighted by Gasteiger charge is 2.36. The number of ether oxygens (including phenoxy) is 1. The van der Waals surface area contributed by atoms with Gasteiger partial charge in [0.2, 0.25) is 0 Å². The number of hydrogen-bond donors (Lipinski definition) is 1. The van der Waals surface area contributed by atoms with Gasteiger partial charge in [0.05, 0.1) is 23.3 Å². The second-order valence-electron chi connectivity index (χ2n) is 7.20. The van der Waals surface area contributed by atoms with Crippen molar-refractivity contribution in [2.75, 3.05) is 19.6 Å². The van der Waals surface area contributed by atoms with Gasteiger partial charge >= 0.3 is 6.18 Å². The molecule has 7 heteroatoms. The zero-order valence-electron chi connectivity index (χ0n) is 15.0. The molecule has 1 aromatic carbocycles. The molecule has 1 aromatic rings. The van der Waals surface area contributed by atoms with E-state index in [2.05, 4.69) is 10.2 Å². The number of carbonyl (C=O) groups is 1. The topological polar surface area (TPSA) is 41.6 Å². The third-order valence-electron chi connectivity index (χ3n) is 4.43. The molecule has 25 heavy (non-hydrogen) atoms. The average molecular weight is 358 g/mol. The second kappa shape index (κ2) is 7.33. The highest BCUT2D eigenvalue weighted by atomic mass is 19.4. The first-order valence-corrected chi connectivity index (χ1v) is 8.35. The van der Waals surface area contributed by atoms with Gasteiger partial charge in [-0.05, 0) is 39.8 Å². The van der Waals surface area contributed by atoms with Gasteiger partial charge in [-0.2, -0.15) is 13.2 Å². The number of carbonyl (C=O) groups excluding carboxylic acids is 1. The van der Waals surface area contributed by atoms with Crippen molar-refractivity contribution in [2.24, 2.45) is 0 Å². The Morgan fingerprint density at radius 1 is 1.20 bits per heavy atom. The van der Waals surface area contributed by atoms with Gasteiger partial charge in [-0.15, -0.1) is 0 Å². The number of benzene rings is 1. The molecule has 1 amide bonds. The van der Waals surface area contributed by atoms with E-state index in [1.807, 2.05) is 27.7 Å². The minimum Gasteiger partial charge on any atom is -0.373 e. The summed E-state index contributed by atoms with van der Waals surface area (Å²) < 4.78 is 44.9. The molecule has 0 unspecified atom stereocenters. The van der Waals surface area contributed by atoms with Crippen molar-refractivity contribution in [3.8, 4) is 0 Å². The number of rotatable bonds is 4. The van der Waals surface area contributed by atoms with Crippen LogP contribution in [0.5, 0.6) is 0 Å². The van der Waals surface area contributed by atoms with Crippen molar-refractivity contribution < 1.29 is 22.7 Å². The molecule has 0 spiro atoms. The normalized spacial score (nSPS) is 22.7. The van der Waals surface area contributed by atoms with Crippen molar-refractivity contribution >= 4 is 5.91 Å². The molecule has 2 rings (SSSR count). The molecule has 0 aliphatic carbocycles. The van der Waals surface area contributed by atoms with E-state index in [0.29, 0.717) is 13.1 Å². The van der Waals surface area contributed by atoms with Gasteiger partial charge in [-0.1, -0.05) is 12.1 Å². The average Bonchev–Trinajstić information content (AvgIpc) is 2.51. The van der Waals surface area contributed by atoms with Crippen LogP contribution in [0, 0.1) is 0 Å². The largest absolute Gasteiger partial charge is 0.417 e. The first kappa shape index (κ1) is 19.7. The van der Waals surface area contributed by atoms with E-state index in [-0.39, 0.29) is 24.3 Å². The molecule has 1 aliphatic rings. The number of halogens is 3. The van der Waals surface area contributed by atoms with Gasteiger partial charge < -0.3 is 10.1 Å². The summed E-state index contributed by atoms with van der Waals surface area (Å²) in [5.41, 5.74) is -1.66. The lowest BCUT2D eigenvalue weighted by Gasteiger charge is -2.45. The molecule has 4 nitrogen and oxygen atoms in total. The van der Waals surface area contributed by atoms with E-state index in [1.165, 1.54) is 18.2 Å². The van der Waals surface area contributed by atoms with Crippen LogP contribution in [0.15, 0.2) is 24.3 Å². The smallest absolute Gasteiger partial charge is 0.373 e. The lowest BCUT2D eigenvalue weighted by Crippen LogP contribution is -2.58. The third-order valence-corrected chi connectivity index (χ3v) is 4.43. The van der Waals surface area contributed by atoms with Crippen LogP contribution < -0.4 is 5.32 Å². The van der Waals surface area contributed by atoms with Crippen LogP contribution in [0.1, 0.15) is 43.6 Å². The molecular formula is C18H25F3N2O2. The molecule has 1 heterocycles. The minimum absolute atomic E-state index is 0.0738. The molecule has 1 aliphatic heterocycles. The summed E-state index contributed by atoms with van der Waals surface area (Å²) in [7, 11) is 0. The first-order valence-electron chi connectivity index (χ1n) is 8.35. The number of amides is 1. The summed E-state index contributed by atoms with van der Waals surface area (Å²) in [5, 5.41) is 2.66. The van der Waals surface area contributed by atoms with Crippen LogP contribution in [0.4, 0.5) is 13.2 Å². The SMILES string of the molecule is C[C@H]1CN(C(C)(C)CNC(=O)c2ccccc2C(F)(F)F)C[C@H](C)O1. The van der Waals surface area contributed by atoms with Crippen molar-refractivity contribution in [3.05, 3.63) is 35.4 Å². The van der Waals surface area contributed by atoms with E-state index in [0.717, 1.165) is 6.07 Å². The van der Waals surface area contributed by atoms with Gasteiger partial charge in [0, 0.05) is 25.2 Å². The molecule has 1 fully saturated rings. The molecule has 1 saturated heterocycles. The number of alkyl halides is 3. The summed E-state index contributed by atoms with van der Waals surface area (Å²) in [5.74, 6) is -0.713. The molecule has 2 atom stereocenters. The summed E-state index contributed by atoms with van der Waals surface area (Å²) in [6, 6.07) is 4.83. The monoisotopic (exact) mass is 358 g/mol. The van der Waals surface area contributed by atoms with Crippen LogP contribution in [0.25, 0.3) is 0 Å². The summed E-state index contributed by atoms with van der Waals surface area (Å²) in [6.07, 6.45) is -4.41. The Bertz CT molecular complexity index is 607. The number of nitrogens with zero attached hydrogens (tertiary/aromatic N) is 1. The highest BCUT2D eigenvalue weighted by Crippen LogP contribution is 2.31. The fourth-order valence-electron chi connectivity index (χ4n) is 3.10. The summed E-state index contributed by atoms with van der Waals surface area (Å²) >= 11 is 0. The fourth-order valence-corrected chi connectivity index (χ4v) is 3.10. The zero-order valence-corrected chi connectivity index (χ0v) is 15.0. The Kier molecular flexibility index (Phi) is 5.79. The summed E-state index contributed by atoms with van der Waals surface area (Å²) in [6.45, 7) is 9.57. The first-order chi connectivity index (χ1) is 11.5. The van der Waals surface area contributed by atoms with Crippen molar-refractivity contribution in [1.29, 1.82) is 0 Å². The maximum Gasteiger partial charge on any atom is 0.417 e. The number of nitrogens with one attached hydrogen (secondary N) is 1. The van der Waals surface area contributed by atoms with Crippen LogP contribution in [0.2, 0.25) is 0 Å². The molecule has 0 aromatic heterocycles. The second-order valence-corrected chi connectivity index (χ2v) is 7.20. The Labute approximate surface area is 146 Å². The zero-order chi connectivity index (χ0) is 18.8. The Hall–Kier alpha value is -1.60. The van der Waals surface area contributed by atoms with Crippen LogP contribution in [0.3, 0.4) is 0 Å². The lowest BCUT2D eigenvalue weighted by atomic mass is 9.99. The molecule has 1 N–H and O–H groups in total. The Morgan fingerprint density at radius 2 is 1.76 bits per heavy atom. The Balaban J connectivity index is 2.07. The van der Waals surface area contributed by atoms with E-state index in [9.17, 15) is 18.0 Å². The predicted molar refractivity (Wildman–Crippen MR) is 89.4 cm³/mol. The highest BCUT2D eigenvalue weighted by molar-refractivity contribution is 5.95. The Morgan fingerprint density at radius 3 is 2.32 bits per heavy atom. The maximum absolute atomic E-state index is 13.1. The van der Waals surface area contributed by atoms with Crippen LogP contribution in [-0.4, -0.2) is 48.2 Å². The van der Waals surface area contributed by atoms with E-state index in [4.69, 9.17) is 4.74 Å². The third kappa shape index (κ3) is 4.95. The van der Waals surface area contributed by atoms with Crippen molar-refractivity contribution in [2.45, 2.75) is 51.6 Å². The maximum atomic E-state index is 13.1. The quantitative estimate of drug-likeness (QED) is 0.898. The van der Waals surface area contributed by atoms with Crippen molar-refractivity contribution in [1.82, 2.24) is 10.2 Å². The predicted octanol–water partition coefficient (Wildman–Crippen LogP) is 3.32. The van der Waals surface area contributed by atoms with Gasteiger partial charge in [0.1, 0.15) is 0 Å². The van der Waals surface area contributed by atoms with Gasteiger partial charge in [-0.25, -0.2) is 0 Å². The van der Waals surface area contributed by atoms with Crippen LogP contribution in [-0.2, 0) is 10.9 Å². The number of morpholine rings is 1. The molecular weight excluding hydrogens is 333 g/mol. The fraction of sp³-hybridized carbons (Fsp3) is 0.611. The molecule has 0 saturated carbocycles. The molecule has 0 radical (unpaired) electrons. The van der Waals surface area contributed by atoms with Gasteiger partial charge in [0.25, 0.3) is 5.91 Å². The summed E-state index contributed by atoms with van der Waals surface area (Å²) in [4.78, 5) is 14.5. The van der Waals surface area contributed by atoms with Crippen LogP contribution >= 0.6 is 0 Å². The molecule has 0 bridgehead atoms. The molecule has 140 valence electrons. The van der Waals surface area contributed by atoms with Gasteiger partial charge in [-0.3, -0.25) is 9.69 Å². The van der Waals surface area contributed by atoms with E-state index < -0.39 is 23.2 Å². The van der Waals surface area contributed by atoms with Crippen molar-refractivity contribution in [3.63, 3.8) is 0 Å².